The molecule has 0 unspecified atom stereocenters. The third-order valence-electron chi connectivity index (χ3n) is 3.96. The molecule has 0 aromatic heterocycles. The van der Waals surface area contributed by atoms with Crippen LogP contribution in [-0.4, -0.2) is 52.4 Å². The van der Waals surface area contributed by atoms with Crippen molar-refractivity contribution in [3.05, 3.63) is 29.8 Å². The van der Waals surface area contributed by atoms with Gasteiger partial charge in [-0.1, -0.05) is 0 Å². The molecule has 1 aromatic rings. The summed E-state index contributed by atoms with van der Waals surface area (Å²) in [5.41, 5.74) is 0.452. The van der Waals surface area contributed by atoms with E-state index in [1.165, 1.54) is 12.1 Å². The molecule has 122 valence electrons. The van der Waals surface area contributed by atoms with Gasteiger partial charge in [-0.25, -0.2) is 8.42 Å². The first-order valence-electron chi connectivity index (χ1n) is 7.46. The average Bonchev–Trinajstić information content (AvgIpc) is 2.55. The molecule has 1 aliphatic rings. The van der Waals surface area contributed by atoms with E-state index in [1.807, 2.05) is 7.05 Å². The molecule has 2 N–H and O–H groups in total. The van der Waals surface area contributed by atoms with Crippen molar-refractivity contribution in [2.45, 2.75) is 17.7 Å². The maximum atomic E-state index is 12.7. The molecule has 1 atom stereocenters. The van der Waals surface area contributed by atoms with E-state index >= 15 is 0 Å². The second-order valence-electron chi connectivity index (χ2n) is 5.53. The minimum absolute atomic E-state index is 0.226. The lowest BCUT2D eigenvalue weighted by Crippen LogP contribution is -2.42. The SMILES string of the molecule is CNC[C@@H]1CCCN(S(=O)(=O)c2ccc(C(=O)NC)cc2)C1. The zero-order chi connectivity index (χ0) is 16.2. The van der Waals surface area contributed by atoms with Gasteiger partial charge in [0.15, 0.2) is 0 Å². The van der Waals surface area contributed by atoms with Crippen molar-refractivity contribution in [1.29, 1.82) is 0 Å². The second kappa shape index (κ2) is 7.21. The van der Waals surface area contributed by atoms with Gasteiger partial charge in [0.1, 0.15) is 0 Å². The van der Waals surface area contributed by atoms with Crippen LogP contribution in [0.5, 0.6) is 0 Å². The van der Waals surface area contributed by atoms with Crippen molar-refractivity contribution in [2.24, 2.45) is 5.92 Å². The molecule has 7 heteroatoms. The van der Waals surface area contributed by atoms with Gasteiger partial charge in [0.05, 0.1) is 4.90 Å². The standard InChI is InChI=1S/C15H23N3O3S/c1-16-10-12-4-3-9-18(11-12)22(20,21)14-7-5-13(6-8-14)15(19)17-2/h5-8,12,16H,3-4,9-11H2,1-2H3,(H,17,19)/t12-/m0/s1. The van der Waals surface area contributed by atoms with Gasteiger partial charge >= 0.3 is 0 Å². The van der Waals surface area contributed by atoms with Crippen LogP contribution < -0.4 is 10.6 Å². The van der Waals surface area contributed by atoms with Crippen LogP contribution in [0.15, 0.2) is 29.2 Å². The molecule has 0 spiro atoms. The Kier molecular flexibility index (Phi) is 5.55. The predicted molar refractivity (Wildman–Crippen MR) is 85.2 cm³/mol. The number of nitrogens with one attached hydrogen (secondary N) is 2. The van der Waals surface area contributed by atoms with Crippen LogP contribution in [0.3, 0.4) is 0 Å². The fourth-order valence-corrected chi connectivity index (χ4v) is 4.33. The summed E-state index contributed by atoms with van der Waals surface area (Å²) in [6.45, 7) is 1.92. The van der Waals surface area contributed by atoms with E-state index in [1.54, 1.807) is 23.5 Å². The van der Waals surface area contributed by atoms with Gasteiger partial charge in [-0.2, -0.15) is 4.31 Å². The van der Waals surface area contributed by atoms with Gasteiger partial charge in [-0.05, 0) is 56.6 Å². The molecule has 22 heavy (non-hydrogen) atoms. The Balaban J connectivity index is 2.17. The van der Waals surface area contributed by atoms with E-state index in [0.717, 1.165) is 19.4 Å². The van der Waals surface area contributed by atoms with Crippen LogP contribution in [0, 0.1) is 5.92 Å². The first-order chi connectivity index (χ1) is 10.5. The summed E-state index contributed by atoms with van der Waals surface area (Å²) in [4.78, 5) is 11.8. The number of amides is 1. The van der Waals surface area contributed by atoms with Crippen molar-refractivity contribution in [2.75, 3.05) is 33.7 Å². The highest BCUT2D eigenvalue weighted by Crippen LogP contribution is 2.23. The van der Waals surface area contributed by atoms with E-state index in [0.29, 0.717) is 24.6 Å². The molecular weight excluding hydrogens is 302 g/mol. The Morgan fingerprint density at radius 1 is 1.27 bits per heavy atom. The molecule has 6 nitrogen and oxygen atoms in total. The molecule has 1 amide bonds. The molecule has 2 rings (SSSR count). The van der Waals surface area contributed by atoms with E-state index in [2.05, 4.69) is 10.6 Å². The smallest absolute Gasteiger partial charge is 0.251 e. The number of nitrogens with zero attached hydrogens (tertiary/aromatic N) is 1. The van der Waals surface area contributed by atoms with Gasteiger partial charge in [-0.15, -0.1) is 0 Å². The summed E-state index contributed by atoms with van der Waals surface area (Å²) in [5.74, 6) is 0.120. The number of hydrogen-bond acceptors (Lipinski definition) is 4. The Labute approximate surface area is 131 Å². The van der Waals surface area contributed by atoms with Gasteiger partial charge in [0.2, 0.25) is 10.0 Å². The summed E-state index contributed by atoms with van der Waals surface area (Å²) >= 11 is 0. The van der Waals surface area contributed by atoms with Crippen molar-refractivity contribution in [1.82, 2.24) is 14.9 Å². The summed E-state index contributed by atoms with van der Waals surface area (Å²) in [6, 6.07) is 6.09. The highest BCUT2D eigenvalue weighted by atomic mass is 32.2. The lowest BCUT2D eigenvalue weighted by molar-refractivity contribution is 0.0963. The molecule has 1 heterocycles. The van der Waals surface area contributed by atoms with E-state index < -0.39 is 10.0 Å². The zero-order valence-corrected chi connectivity index (χ0v) is 13.8. The predicted octanol–water partition coefficient (Wildman–Crippen LogP) is 0.666. The highest BCUT2D eigenvalue weighted by Gasteiger charge is 2.29. The number of benzene rings is 1. The minimum Gasteiger partial charge on any atom is -0.355 e. The summed E-state index contributed by atoms with van der Waals surface area (Å²) < 4.78 is 26.9. The largest absolute Gasteiger partial charge is 0.355 e. The molecule has 0 bridgehead atoms. The topological polar surface area (TPSA) is 78.5 Å². The lowest BCUT2D eigenvalue weighted by atomic mass is 10.00. The average molecular weight is 325 g/mol. The molecule has 1 aromatic carbocycles. The van der Waals surface area contributed by atoms with E-state index in [4.69, 9.17) is 0 Å². The van der Waals surface area contributed by atoms with Crippen LogP contribution in [0.2, 0.25) is 0 Å². The van der Waals surface area contributed by atoms with Crippen molar-refractivity contribution in [3.8, 4) is 0 Å². The number of carbonyl (C=O) groups is 1. The molecule has 1 saturated heterocycles. The van der Waals surface area contributed by atoms with Gasteiger partial charge in [0.25, 0.3) is 5.91 Å². The van der Waals surface area contributed by atoms with Gasteiger partial charge in [0, 0.05) is 25.7 Å². The minimum atomic E-state index is -3.49. The second-order valence-corrected chi connectivity index (χ2v) is 7.47. The number of rotatable bonds is 5. The molecular formula is C15H23N3O3S. The summed E-state index contributed by atoms with van der Waals surface area (Å²) in [6.07, 6.45) is 1.92. The quantitative estimate of drug-likeness (QED) is 0.834. The van der Waals surface area contributed by atoms with Crippen LogP contribution >= 0.6 is 0 Å². The normalized spacial score (nSPS) is 19.8. The molecule has 1 aliphatic heterocycles. The van der Waals surface area contributed by atoms with Crippen LogP contribution in [0.4, 0.5) is 0 Å². The molecule has 0 saturated carbocycles. The maximum absolute atomic E-state index is 12.7. The molecule has 0 aliphatic carbocycles. The first-order valence-corrected chi connectivity index (χ1v) is 8.90. The highest BCUT2D eigenvalue weighted by molar-refractivity contribution is 7.89. The molecule has 1 fully saturated rings. The van der Waals surface area contributed by atoms with Crippen LogP contribution in [0.25, 0.3) is 0 Å². The Morgan fingerprint density at radius 3 is 2.55 bits per heavy atom. The lowest BCUT2D eigenvalue weighted by Gasteiger charge is -2.31. The Hall–Kier alpha value is -1.44. The third kappa shape index (κ3) is 3.66. The van der Waals surface area contributed by atoms with E-state index in [9.17, 15) is 13.2 Å². The molecule has 0 radical (unpaired) electrons. The Morgan fingerprint density at radius 2 is 1.95 bits per heavy atom. The van der Waals surface area contributed by atoms with Crippen molar-refractivity contribution < 1.29 is 13.2 Å². The van der Waals surface area contributed by atoms with Crippen molar-refractivity contribution in [3.63, 3.8) is 0 Å². The van der Waals surface area contributed by atoms with Crippen LogP contribution in [0.1, 0.15) is 23.2 Å². The summed E-state index contributed by atoms with van der Waals surface area (Å²) in [5, 5.41) is 5.63. The van der Waals surface area contributed by atoms with Gasteiger partial charge in [-0.3, -0.25) is 4.79 Å². The zero-order valence-electron chi connectivity index (χ0n) is 13.0. The number of sulfonamides is 1. The van der Waals surface area contributed by atoms with Gasteiger partial charge < -0.3 is 10.6 Å². The van der Waals surface area contributed by atoms with E-state index in [-0.39, 0.29) is 10.8 Å². The van der Waals surface area contributed by atoms with Crippen molar-refractivity contribution >= 4 is 15.9 Å². The fourth-order valence-electron chi connectivity index (χ4n) is 2.77. The Bertz CT molecular complexity index is 611. The number of piperidine rings is 1. The first kappa shape index (κ1) is 16.9. The van der Waals surface area contributed by atoms with Crippen LogP contribution in [-0.2, 0) is 10.0 Å². The number of hydrogen-bond donors (Lipinski definition) is 2. The third-order valence-corrected chi connectivity index (χ3v) is 5.84. The fraction of sp³-hybridized carbons (Fsp3) is 0.533. The monoisotopic (exact) mass is 325 g/mol. The maximum Gasteiger partial charge on any atom is 0.251 e. The number of carbonyl (C=O) groups excluding carboxylic acids is 1. The summed E-state index contributed by atoms with van der Waals surface area (Å²) in [7, 11) is -0.0644.